The van der Waals surface area contributed by atoms with E-state index in [0.717, 1.165) is 17.1 Å². The highest BCUT2D eigenvalue weighted by Crippen LogP contribution is 2.30. The van der Waals surface area contributed by atoms with Crippen molar-refractivity contribution in [1.82, 2.24) is 24.4 Å². The number of hydrogen-bond acceptors (Lipinski definition) is 5. The van der Waals surface area contributed by atoms with E-state index in [1.807, 2.05) is 28.8 Å². The van der Waals surface area contributed by atoms with E-state index in [9.17, 15) is 18.0 Å². The zero-order valence-electron chi connectivity index (χ0n) is 16.4. The van der Waals surface area contributed by atoms with Gasteiger partial charge < -0.3 is 14.4 Å². The van der Waals surface area contributed by atoms with Crippen LogP contribution in [-0.4, -0.2) is 56.5 Å². The summed E-state index contributed by atoms with van der Waals surface area (Å²) in [5.74, 6) is 0.333. The minimum atomic E-state index is -4.52. The summed E-state index contributed by atoms with van der Waals surface area (Å²) < 4.78 is 41.0. The molecule has 30 heavy (non-hydrogen) atoms. The average molecular weight is 418 g/mol. The lowest BCUT2D eigenvalue weighted by Gasteiger charge is -2.35. The number of rotatable bonds is 4. The maximum atomic E-state index is 13.0. The van der Waals surface area contributed by atoms with Crippen molar-refractivity contribution in [3.63, 3.8) is 0 Å². The zero-order valence-corrected chi connectivity index (χ0v) is 16.4. The predicted molar refractivity (Wildman–Crippen MR) is 105 cm³/mol. The van der Waals surface area contributed by atoms with Crippen LogP contribution in [0.4, 0.5) is 19.0 Å². The Balaban J connectivity index is 1.35. The number of anilines is 1. The number of para-hydroxylation sites is 2. The van der Waals surface area contributed by atoms with Gasteiger partial charge in [0.25, 0.3) is 0 Å². The molecule has 0 atom stereocenters. The molecule has 10 heteroatoms. The first-order valence-corrected chi connectivity index (χ1v) is 9.67. The highest BCUT2D eigenvalue weighted by molar-refractivity contribution is 5.78. The summed E-state index contributed by atoms with van der Waals surface area (Å²) in [6.45, 7) is 3.70. The Morgan fingerprint density at radius 3 is 2.57 bits per heavy atom. The van der Waals surface area contributed by atoms with Crippen LogP contribution in [0, 0.1) is 6.92 Å². The lowest BCUT2D eigenvalue weighted by molar-refractivity contribution is -0.141. The minimum Gasteiger partial charge on any atom is -0.353 e. The summed E-state index contributed by atoms with van der Waals surface area (Å²) in [7, 11) is 0. The van der Waals surface area contributed by atoms with E-state index in [1.165, 1.54) is 6.92 Å². The van der Waals surface area contributed by atoms with Gasteiger partial charge >= 0.3 is 6.18 Å². The molecule has 7 nitrogen and oxygen atoms in total. The van der Waals surface area contributed by atoms with Crippen molar-refractivity contribution in [2.24, 2.45) is 0 Å². The molecule has 3 aromatic rings. The molecule has 0 radical (unpaired) electrons. The number of amides is 1. The van der Waals surface area contributed by atoms with Crippen molar-refractivity contribution < 1.29 is 18.0 Å². The number of halogens is 3. The second kappa shape index (κ2) is 7.92. The number of piperazine rings is 1. The van der Waals surface area contributed by atoms with Gasteiger partial charge in [0.2, 0.25) is 5.91 Å². The molecular weight excluding hydrogens is 397 g/mol. The molecule has 0 aliphatic carbocycles. The molecule has 1 aliphatic heterocycles. The summed E-state index contributed by atoms with van der Waals surface area (Å²) >= 11 is 0. The largest absolute Gasteiger partial charge is 0.433 e. The Hall–Kier alpha value is -3.17. The Morgan fingerprint density at radius 2 is 1.83 bits per heavy atom. The molecule has 1 aliphatic rings. The van der Waals surface area contributed by atoms with Crippen LogP contribution in [0.15, 0.2) is 36.7 Å². The van der Waals surface area contributed by atoms with Crippen molar-refractivity contribution in [2.45, 2.75) is 26.1 Å². The smallest absolute Gasteiger partial charge is 0.353 e. The van der Waals surface area contributed by atoms with Crippen LogP contribution < -0.4 is 4.90 Å². The molecule has 0 unspecified atom stereocenters. The number of aryl methyl sites for hydroxylation is 2. The van der Waals surface area contributed by atoms with Gasteiger partial charge in [0.05, 0.1) is 17.4 Å². The Morgan fingerprint density at radius 1 is 1.10 bits per heavy atom. The van der Waals surface area contributed by atoms with Gasteiger partial charge in [0.15, 0.2) is 0 Å². The number of fused-ring (bicyclic) bond motifs is 1. The first-order chi connectivity index (χ1) is 14.3. The van der Waals surface area contributed by atoms with Gasteiger partial charge in [0.1, 0.15) is 17.3 Å². The standard InChI is InChI=1S/C20H21F3N6O/c1-14-25-17(20(21,22)23)12-18(26-14)27-8-10-28(11-9-27)19(30)6-7-29-13-24-15-4-2-3-5-16(15)29/h2-5,12-13H,6-11H2,1H3. The highest BCUT2D eigenvalue weighted by Gasteiger charge is 2.34. The molecule has 158 valence electrons. The maximum Gasteiger partial charge on any atom is 0.433 e. The average Bonchev–Trinajstić information content (AvgIpc) is 3.14. The van der Waals surface area contributed by atoms with E-state index >= 15 is 0 Å². The van der Waals surface area contributed by atoms with Crippen LogP contribution in [0.5, 0.6) is 0 Å². The molecule has 0 N–H and O–H groups in total. The number of nitrogens with zero attached hydrogens (tertiary/aromatic N) is 6. The third kappa shape index (κ3) is 4.22. The highest BCUT2D eigenvalue weighted by atomic mass is 19.4. The molecular formula is C20H21F3N6O. The molecule has 1 fully saturated rings. The third-order valence-corrected chi connectivity index (χ3v) is 5.17. The number of alkyl halides is 3. The van der Waals surface area contributed by atoms with Crippen LogP contribution in [0.1, 0.15) is 17.9 Å². The Bertz CT molecular complexity index is 1060. The van der Waals surface area contributed by atoms with E-state index in [0.29, 0.717) is 39.1 Å². The van der Waals surface area contributed by atoms with Gasteiger partial charge in [-0.05, 0) is 19.1 Å². The molecule has 4 rings (SSSR count). The van der Waals surface area contributed by atoms with Crippen molar-refractivity contribution >= 4 is 22.8 Å². The fourth-order valence-corrected chi connectivity index (χ4v) is 3.61. The van der Waals surface area contributed by atoms with E-state index in [2.05, 4.69) is 15.0 Å². The van der Waals surface area contributed by atoms with Gasteiger partial charge in [-0.1, -0.05) is 12.1 Å². The second-order valence-corrected chi connectivity index (χ2v) is 7.20. The van der Waals surface area contributed by atoms with Crippen molar-refractivity contribution in [2.75, 3.05) is 31.1 Å². The monoisotopic (exact) mass is 418 g/mol. The predicted octanol–water partition coefficient (Wildman–Crippen LogP) is 2.89. The van der Waals surface area contributed by atoms with Crippen LogP contribution >= 0.6 is 0 Å². The molecule has 0 spiro atoms. The van der Waals surface area contributed by atoms with Crippen LogP contribution in [0.2, 0.25) is 0 Å². The number of imidazole rings is 1. The third-order valence-electron chi connectivity index (χ3n) is 5.17. The van der Waals surface area contributed by atoms with Crippen LogP contribution in [-0.2, 0) is 17.5 Å². The summed E-state index contributed by atoms with van der Waals surface area (Å²) in [5, 5.41) is 0. The number of hydrogen-bond donors (Lipinski definition) is 0. The van der Waals surface area contributed by atoms with Crippen LogP contribution in [0.3, 0.4) is 0 Å². The second-order valence-electron chi connectivity index (χ2n) is 7.20. The minimum absolute atomic E-state index is 0.0160. The number of benzene rings is 1. The zero-order chi connectivity index (χ0) is 21.3. The van der Waals surface area contributed by atoms with Gasteiger partial charge in [-0.25, -0.2) is 15.0 Å². The molecule has 1 aromatic carbocycles. The Kier molecular flexibility index (Phi) is 5.31. The fourth-order valence-electron chi connectivity index (χ4n) is 3.61. The topological polar surface area (TPSA) is 67.2 Å². The van der Waals surface area contributed by atoms with Crippen LogP contribution in [0.25, 0.3) is 11.0 Å². The summed E-state index contributed by atoms with van der Waals surface area (Å²) in [4.78, 5) is 28.1. The van der Waals surface area contributed by atoms with E-state index in [-0.39, 0.29) is 17.5 Å². The van der Waals surface area contributed by atoms with E-state index in [4.69, 9.17) is 0 Å². The fraction of sp³-hybridized carbons (Fsp3) is 0.400. The van der Waals surface area contributed by atoms with Gasteiger partial charge in [0, 0.05) is 45.2 Å². The molecule has 0 saturated carbocycles. The first-order valence-electron chi connectivity index (χ1n) is 9.67. The van der Waals surface area contributed by atoms with Crippen molar-refractivity contribution in [3.05, 3.63) is 48.2 Å². The molecule has 1 amide bonds. The summed E-state index contributed by atoms with van der Waals surface area (Å²) in [5.41, 5.74) is 0.919. The number of carbonyl (C=O) groups is 1. The number of carbonyl (C=O) groups excluding carboxylic acids is 1. The van der Waals surface area contributed by atoms with E-state index in [1.54, 1.807) is 16.1 Å². The van der Waals surface area contributed by atoms with E-state index < -0.39 is 11.9 Å². The van der Waals surface area contributed by atoms with Gasteiger partial charge in [-0.15, -0.1) is 0 Å². The maximum absolute atomic E-state index is 13.0. The molecule has 0 bridgehead atoms. The normalized spacial score (nSPS) is 15.1. The molecule has 1 saturated heterocycles. The lowest BCUT2D eigenvalue weighted by atomic mass is 10.2. The van der Waals surface area contributed by atoms with Crippen molar-refractivity contribution in [1.29, 1.82) is 0 Å². The number of aromatic nitrogens is 4. The SMILES string of the molecule is Cc1nc(N2CCN(C(=O)CCn3cnc4ccccc43)CC2)cc(C(F)(F)F)n1. The quantitative estimate of drug-likeness (QED) is 0.652. The lowest BCUT2D eigenvalue weighted by Crippen LogP contribution is -2.49. The van der Waals surface area contributed by atoms with Gasteiger partial charge in [-0.3, -0.25) is 4.79 Å². The molecule has 3 heterocycles. The summed E-state index contributed by atoms with van der Waals surface area (Å²) in [6, 6.07) is 8.70. The Labute approximate surface area is 171 Å². The molecule has 2 aromatic heterocycles. The van der Waals surface area contributed by atoms with Gasteiger partial charge in [-0.2, -0.15) is 13.2 Å². The first kappa shape index (κ1) is 20.1. The summed E-state index contributed by atoms with van der Waals surface area (Å²) in [6.07, 6.45) is -2.45. The van der Waals surface area contributed by atoms with Crippen molar-refractivity contribution in [3.8, 4) is 0 Å².